The molecule has 0 unspecified atom stereocenters. The average molecular weight is 353 g/mol. The van der Waals surface area contributed by atoms with Gasteiger partial charge in [0.15, 0.2) is 0 Å². The van der Waals surface area contributed by atoms with Crippen molar-refractivity contribution in [2.45, 2.75) is 39.0 Å². The van der Waals surface area contributed by atoms with E-state index in [0.29, 0.717) is 5.92 Å². The Hall–Kier alpha value is -2.18. The highest BCUT2D eigenvalue weighted by Gasteiger charge is 2.30. The van der Waals surface area contributed by atoms with Gasteiger partial charge in [0.25, 0.3) is 0 Å². The molecule has 0 saturated carbocycles. The number of aromatic nitrogens is 4. The summed E-state index contributed by atoms with van der Waals surface area (Å²) < 4.78 is 10.2. The van der Waals surface area contributed by atoms with Gasteiger partial charge in [0.1, 0.15) is 11.9 Å². The van der Waals surface area contributed by atoms with E-state index < -0.39 is 0 Å². The first-order valence-corrected chi connectivity index (χ1v) is 9.52. The van der Waals surface area contributed by atoms with Gasteiger partial charge in [-0.1, -0.05) is 18.2 Å². The molecule has 0 bridgehead atoms. The zero-order valence-electron chi connectivity index (χ0n) is 15.6. The summed E-state index contributed by atoms with van der Waals surface area (Å²) in [7, 11) is 2.04. The normalized spacial score (nSPS) is 20.7. The lowest BCUT2D eigenvalue weighted by molar-refractivity contribution is -0.0344. The Labute approximate surface area is 154 Å². The molecule has 1 aliphatic heterocycles. The van der Waals surface area contributed by atoms with E-state index in [0.717, 1.165) is 50.6 Å². The molecule has 6 nitrogen and oxygen atoms in total. The number of hydrogen-bond acceptors (Lipinski definition) is 4. The van der Waals surface area contributed by atoms with Gasteiger partial charge in [0.05, 0.1) is 11.2 Å². The summed E-state index contributed by atoms with van der Waals surface area (Å²) in [5.74, 6) is 1.46. The molecule has 2 aromatic heterocycles. The van der Waals surface area contributed by atoms with E-state index >= 15 is 0 Å². The highest BCUT2D eigenvalue weighted by atomic mass is 16.5. The fourth-order valence-corrected chi connectivity index (χ4v) is 3.93. The average Bonchev–Trinajstić information content (AvgIpc) is 3.26. The van der Waals surface area contributed by atoms with Gasteiger partial charge in [-0.25, -0.2) is 4.98 Å². The number of para-hydroxylation sites is 1. The first-order chi connectivity index (χ1) is 12.8. The van der Waals surface area contributed by atoms with Crippen LogP contribution in [0.4, 0.5) is 0 Å². The van der Waals surface area contributed by atoms with E-state index in [1.807, 2.05) is 19.4 Å². The summed E-state index contributed by atoms with van der Waals surface area (Å²) in [5, 5.41) is 9.64. The summed E-state index contributed by atoms with van der Waals surface area (Å²) in [6.45, 7) is 5.52. The molecule has 3 aromatic rings. The van der Waals surface area contributed by atoms with Crippen molar-refractivity contribution in [1.82, 2.24) is 24.6 Å². The Balaban J connectivity index is 1.45. The molecule has 0 aliphatic carbocycles. The molecule has 6 heteroatoms. The van der Waals surface area contributed by atoms with Crippen LogP contribution in [-0.2, 0) is 24.9 Å². The minimum absolute atomic E-state index is 0.0705. The van der Waals surface area contributed by atoms with Gasteiger partial charge < -0.3 is 14.6 Å². The first-order valence-electron chi connectivity index (χ1n) is 9.52. The van der Waals surface area contributed by atoms with Crippen LogP contribution in [-0.4, -0.2) is 32.5 Å². The lowest BCUT2D eigenvalue weighted by atomic mass is 9.93. The number of imidazole rings is 1. The van der Waals surface area contributed by atoms with E-state index in [4.69, 9.17) is 9.84 Å². The minimum atomic E-state index is 0.0705. The van der Waals surface area contributed by atoms with Crippen molar-refractivity contribution in [1.29, 1.82) is 0 Å². The van der Waals surface area contributed by atoms with Gasteiger partial charge >= 0.3 is 0 Å². The van der Waals surface area contributed by atoms with E-state index in [1.54, 1.807) is 0 Å². The van der Waals surface area contributed by atoms with Crippen LogP contribution in [0.5, 0.6) is 0 Å². The Morgan fingerprint density at radius 3 is 3.00 bits per heavy atom. The van der Waals surface area contributed by atoms with Crippen molar-refractivity contribution < 1.29 is 4.74 Å². The molecule has 4 rings (SSSR count). The third-order valence-corrected chi connectivity index (χ3v) is 5.29. The fraction of sp³-hybridized carbons (Fsp3) is 0.500. The molecule has 26 heavy (non-hydrogen) atoms. The van der Waals surface area contributed by atoms with E-state index in [-0.39, 0.29) is 6.10 Å². The van der Waals surface area contributed by atoms with Crippen molar-refractivity contribution >= 4 is 10.9 Å². The number of aryl methyl sites for hydroxylation is 2. The second kappa shape index (κ2) is 7.60. The minimum Gasteiger partial charge on any atom is -0.370 e. The molecule has 1 aliphatic rings. The summed E-state index contributed by atoms with van der Waals surface area (Å²) in [6, 6.07) is 8.46. The second-order valence-corrected chi connectivity index (χ2v) is 7.00. The summed E-state index contributed by atoms with van der Waals surface area (Å²) >= 11 is 0. The third kappa shape index (κ3) is 3.27. The molecule has 1 fully saturated rings. The van der Waals surface area contributed by atoms with Gasteiger partial charge in [-0.05, 0) is 25.8 Å². The second-order valence-electron chi connectivity index (χ2n) is 7.00. The molecule has 1 saturated heterocycles. The van der Waals surface area contributed by atoms with Crippen molar-refractivity contribution in [2.75, 3.05) is 13.2 Å². The maximum Gasteiger partial charge on any atom is 0.137 e. The number of hydrogen-bond donors (Lipinski definition) is 1. The standard InChI is InChI=1S/C20H27N5O/c1-3-25-18-9-5-4-8-16(18)17(23-25)14-21-13-15-7-6-12-26-19(15)20-22-10-11-24(20)2/h4-5,8-11,15,19,21H,3,6-7,12-14H2,1-2H3/t15-,19+/m0/s1. The van der Waals surface area contributed by atoms with E-state index in [1.165, 1.54) is 10.9 Å². The topological polar surface area (TPSA) is 56.9 Å². The largest absolute Gasteiger partial charge is 0.370 e. The Bertz CT molecular complexity index is 868. The van der Waals surface area contributed by atoms with Crippen molar-refractivity contribution in [3.05, 3.63) is 48.2 Å². The zero-order chi connectivity index (χ0) is 17.9. The van der Waals surface area contributed by atoms with E-state index in [2.05, 4.69) is 50.7 Å². The van der Waals surface area contributed by atoms with Gasteiger partial charge in [0.2, 0.25) is 0 Å². The monoisotopic (exact) mass is 353 g/mol. The van der Waals surface area contributed by atoms with Crippen molar-refractivity contribution in [3.63, 3.8) is 0 Å². The Kier molecular flexibility index (Phi) is 5.04. The number of ether oxygens (including phenoxy) is 1. The van der Waals surface area contributed by atoms with Crippen LogP contribution < -0.4 is 5.32 Å². The number of benzene rings is 1. The van der Waals surface area contributed by atoms with Crippen LogP contribution in [0.3, 0.4) is 0 Å². The van der Waals surface area contributed by atoms with Crippen LogP contribution >= 0.6 is 0 Å². The highest BCUT2D eigenvalue weighted by Crippen LogP contribution is 2.32. The van der Waals surface area contributed by atoms with Crippen molar-refractivity contribution in [2.24, 2.45) is 13.0 Å². The first kappa shape index (κ1) is 17.2. The third-order valence-electron chi connectivity index (χ3n) is 5.29. The molecular formula is C20H27N5O. The van der Waals surface area contributed by atoms with Crippen LogP contribution in [0.1, 0.15) is 37.4 Å². The molecule has 0 radical (unpaired) electrons. The summed E-state index contributed by atoms with van der Waals surface area (Å²) in [4.78, 5) is 4.51. The molecule has 0 spiro atoms. The SMILES string of the molecule is CCn1nc(CNC[C@@H]2CCCO[C@H]2c2nccn2C)c2ccccc21. The number of nitrogens with zero attached hydrogens (tertiary/aromatic N) is 4. The van der Waals surface area contributed by atoms with Crippen LogP contribution in [0.25, 0.3) is 10.9 Å². The number of rotatable bonds is 6. The molecular weight excluding hydrogens is 326 g/mol. The maximum absolute atomic E-state index is 6.07. The zero-order valence-corrected chi connectivity index (χ0v) is 15.6. The fourth-order valence-electron chi connectivity index (χ4n) is 3.93. The molecule has 1 aromatic carbocycles. The van der Waals surface area contributed by atoms with Gasteiger partial charge in [-0.3, -0.25) is 4.68 Å². The van der Waals surface area contributed by atoms with Crippen molar-refractivity contribution in [3.8, 4) is 0 Å². The number of fused-ring (bicyclic) bond motifs is 1. The van der Waals surface area contributed by atoms with Gasteiger partial charge in [-0.2, -0.15) is 5.10 Å². The number of nitrogens with one attached hydrogen (secondary N) is 1. The highest BCUT2D eigenvalue weighted by molar-refractivity contribution is 5.81. The molecule has 138 valence electrons. The predicted octanol–water partition coefficient (Wildman–Crippen LogP) is 3.05. The molecule has 1 N–H and O–H groups in total. The Morgan fingerprint density at radius 2 is 2.19 bits per heavy atom. The Morgan fingerprint density at radius 1 is 1.31 bits per heavy atom. The summed E-state index contributed by atoms with van der Waals surface area (Å²) in [5.41, 5.74) is 2.33. The van der Waals surface area contributed by atoms with E-state index in [9.17, 15) is 0 Å². The van der Waals surface area contributed by atoms with Crippen LogP contribution in [0.2, 0.25) is 0 Å². The predicted molar refractivity (Wildman–Crippen MR) is 102 cm³/mol. The summed E-state index contributed by atoms with van der Waals surface area (Å²) in [6.07, 6.45) is 6.18. The molecule has 0 amide bonds. The van der Waals surface area contributed by atoms with Gasteiger partial charge in [0, 0.05) is 57.0 Å². The lowest BCUT2D eigenvalue weighted by Crippen LogP contribution is -2.33. The van der Waals surface area contributed by atoms with Crippen LogP contribution in [0, 0.1) is 5.92 Å². The quantitative estimate of drug-likeness (QED) is 0.740. The lowest BCUT2D eigenvalue weighted by Gasteiger charge is -2.31. The van der Waals surface area contributed by atoms with Crippen LogP contribution in [0.15, 0.2) is 36.7 Å². The smallest absolute Gasteiger partial charge is 0.137 e. The molecule has 2 atom stereocenters. The maximum atomic E-state index is 6.07. The van der Waals surface area contributed by atoms with Gasteiger partial charge in [-0.15, -0.1) is 0 Å². The molecule has 3 heterocycles.